The molecule has 0 radical (unpaired) electrons. The third-order valence-electron chi connectivity index (χ3n) is 3.55. The van der Waals surface area contributed by atoms with Gasteiger partial charge < -0.3 is 15.4 Å². The molecule has 1 aromatic rings. The second kappa shape index (κ2) is 5.40. The number of benzene rings is 1. The Morgan fingerprint density at radius 3 is 2.78 bits per heavy atom. The van der Waals surface area contributed by atoms with Crippen LogP contribution in [0.15, 0.2) is 18.2 Å². The molecule has 2 rings (SSSR count). The molecule has 0 aromatic heterocycles. The van der Waals surface area contributed by atoms with Gasteiger partial charge in [-0.15, -0.1) is 0 Å². The van der Waals surface area contributed by atoms with Crippen molar-refractivity contribution in [1.29, 1.82) is 0 Å². The van der Waals surface area contributed by atoms with E-state index in [1.165, 1.54) is 0 Å². The van der Waals surface area contributed by atoms with Gasteiger partial charge in [0.2, 0.25) is 5.91 Å². The van der Waals surface area contributed by atoms with E-state index in [2.05, 4.69) is 10.6 Å². The number of hydrogen-bond donors (Lipinski definition) is 2. The molecule has 0 aliphatic carbocycles. The first kappa shape index (κ1) is 12.9. The molecule has 1 aliphatic rings. The van der Waals surface area contributed by atoms with Crippen molar-refractivity contribution >= 4 is 11.6 Å². The maximum atomic E-state index is 12.1. The molecule has 1 aromatic carbocycles. The minimum absolute atomic E-state index is 0.0252. The van der Waals surface area contributed by atoms with E-state index < -0.39 is 0 Å². The predicted molar refractivity (Wildman–Crippen MR) is 71.9 cm³/mol. The van der Waals surface area contributed by atoms with E-state index in [0.717, 1.165) is 24.3 Å². The molecule has 0 bridgehead atoms. The fraction of sp³-hybridized carbons (Fsp3) is 0.500. The molecule has 1 fully saturated rings. The van der Waals surface area contributed by atoms with E-state index in [0.29, 0.717) is 11.7 Å². The van der Waals surface area contributed by atoms with Gasteiger partial charge in [0.1, 0.15) is 5.75 Å². The molecule has 1 unspecified atom stereocenters. The van der Waals surface area contributed by atoms with Crippen LogP contribution in [-0.2, 0) is 4.79 Å². The van der Waals surface area contributed by atoms with Gasteiger partial charge in [-0.25, -0.2) is 0 Å². The van der Waals surface area contributed by atoms with Crippen molar-refractivity contribution in [2.24, 2.45) is 11.8 Å². The van der Waals surface area contributed by atoms with Gasteiger partial charge in [-0.05, 0) is 43.6 Å². The first-order valence-corrected chi connectivity index (χ1v) is 6.28. The molecule has 1 atom stereocenters. The van der Waals surface area contributed by atoms with Crippen molar-refractivity contribution < 1.29 is 9.53 Å². The molecule has 1 saturated heterocycles. The lowest BCUT2D eigenvalue weighted by atomic mass is 9.88. The number of nitrogens with one attached hydrogen (secondary N) is 2. The molecule has 0 saturated carbocycles. The summed E-state index contributed by atoms with van der Waals surface area (Å²) in [5.74, 6) is 1.24. The van der Waals surface area contributed by atoms with Gasteiger partial charge in [0, 0.05) is 5.92 Å². The molecule has 98 valence electrons. The van der Waals surface area contributed by atoms with Crippen LogP contribution in [0.3, 0.4) is 0 Å². The number of ether oxygens (including phenoxy) is 1. The van der Waals surface area contributed by atoms with Gasteiger partial charge in [-0.2, -0.15) is 0 Å². The Labute approximate surface area is 108 Å². The van der Waals surface area contributed by atoms with Crippen molar-refractivity contribution in [3.05, 3.63) is 23.8 Å². The summed E-state index contributed by atoms with van der Waals surface area (Å²) in [6.45, 7) is 5.83. The summed E-state index contributed by atoms with van der Waals surface area (Å²) in [6, 6.07) is 5.77. The van der Waals surface area contributed by atoms with Gasteiger partial charge in [-0.3, -0.25) is 4.79 Å². The topological polar surface area (TPSA) is 50.4 Å². The van der Waals surface area contributed by atoms with Gasteiger partial charge in [0.05, 0.1) is 12.8 Å². The molecule has 0 spiro atoms. The third kappa shape index (κ3) is 2.64. The number of carbonyl (C=O) groups is 1. The smallest absolute Gasteiger partial charge is 0.227 e. The monoisotopic (exact) mass is 248 g/mol. The maximum Gasteiger partial charge on any atom is 0.227 e. The molecular formula is C14H20N2O2. The van der Waals surface area contributed by atoms with Gasteiger partial charge in [-0.1, -0.05) is 13.0 Å². The minimum Gasteiger partial charge on any atom is -0.495 e. The van der Waals surface area contributed by atoms with Crippen molar-refractivity contribution in [3.63, 3.8) is 0 Å². The normalized spacial score (nSPS) is 16.8. The minimum atomic E-state index is 0.0252. The number of anilines is 1. The van der Waals surface area contributed by atoms with Crippen molar-refractivity contribution in [2.75, 3.05) is 25.5 Å². The number of aryl methyl sites for hydroxylation is 1. The standard InChI is InChI=1S/C14H20N2O2/c1-9-4-5-12(13(6-9)18-3)16-14(17)10(2)11-7-15-8-11/h4-6,10-11,15H,7-8H2,1-3H3,(H,16,17). The lowest BCUT2D eigenvalue weighted by Crippen LogP contribution is -2.48. The van der Waals surface area contributed by atoms with E-state index in [9.17, 15) is 4.79 Å². The number of hydrogen-bond acceptors (Lipinski definition) is 3. The fourth-order valence-electron chi connectivity index (χ4n) is 2.03. The Morgan fingerprint density at radius 2 is 2.22 bits per heavy atom. The van der Waals surface area contributed by atoms with Crippen LogP contribution in [0.2, 0.25) is 0 Å². The van der Waals surface area contributed by atoms with Gasteiger partial charge in [0.25, 0.3) is 0 Å². The van der Waals surface area contributed by atoms with Crippen LogP contribution in [0.4, 0.5) is 5.69 Å². The number of carbonyl (C=O) groups excluding carboxylic acids is 1. The third-order valence-corrected chi connectivity index (χ3v) is 3.55. The van der Waals surface area contributed by atoms with Crippen LogP contribution in [0.25, 0.3) is 0 Å². The number of rotatable bonds is 4. The highest BCUT2D eigenvalue weighted by molar-refractivity contribution is 5.94. The summed E-state index contributed by atoms with van der Waals surface area (Å²) >= 11 is 0. The molecule has 4 heteroatoms. The highest BCUT2D eigenvalue weighted by atomic mass is 16.5. The zero-order valence-electron chi connectivity index (χ0n) is 11.1. The van der Waals surface area contributed by atoms with Crippen molar-refractivity contribution in [3.8, 4) is 5.75 Å². The Balaban J connectivity index is 2.06. The Kier molecular flexibility index (Phi) is 3.87. The quantitative estimate of drug-likeness (QED) is 0.854. The van der Waals surface area contributed by atoms with Crippen LogP contribution < -0.4 is 15.4 Å². The van der Waals surface area contributed by atoms with Gasteiger partial charge >= 0.3 is 0 Å². The molecular weight excluding hydrogens is 228 g/mol. The summed E-state index contributed by atoms with van der Waals surface area (Å²) in [4.78, 5) is 12.1. The number of methoxy groups -OCH3 is 1. The van der Waals surface area contributed by atoms with E-state index >= 15 is 0 Å². The largest absolute Gasteiger partial charge is 0.495 e. The molecule has 1 heterocycles. The molecule has 1 aliphatic heterocycles. The number of amides is 1. The molecule has 18 heavy (non-hydrogen) atoms. The second-order valence-corrected chi connectivity index (χ2v) is 4.90. The van der Waals surface area contributed by atoms with Crippen LogP contribution in [0.1, 0.15) is 12.5 Å². The zero-order chi connectivity index (χ0) is 13.1. The maximum absolute atomic E-state index is 12.1. The lowest BCUT2D eigenvalue weighted by molar-refractivity contribution is -0.121. The van der Waals surface area contributed by atoms with Crippen LogP contribution >= 0.6 is 0 Å². The highest BCUT2D eigenvalue weighted by Gasteiger charge is 2.28. The lowest BCUT2D eigenvalue weighted by Gasteiger charge is -2.31. The SMILES string of the molecule is COc1cc(C)ccc1NC(=O)C(C)C1CNC1. The van der Waals surface area contributed by atoms with E-state index in [-0.39, 0.29) is 11.8 Å². The summed E-state index contributed by atoms with van der Waals surface area (Å²) < 4.78 is 5.28. The van der Waals surface area contributed by atoms with Crippen LogP contribution in [0.5, 0.6) is 5.75 Å². The van der Waals surface area contributed by atoms with E-state index in [1.807, 2.05) is 32.0 Å². The molecule has 2 N–H and O–H groups in total. The fourth-order valence-corrected chi connectivity index (χ4v) is 2.03. The molecule has 4 nitrogen and oxygen atoms in total. The average molecular weight is 248 g/mol. The summed E-state index contributed by atoms with van der Waals surface area (Å²) in [6.07, 6.45) is 0. The highest BCUT2D eigenvalue weighted by Crippen LogP contribution is 2.26. The predicted octanol–water partition coefficient (Wildman–Crippen LogP) is 1.80. The Morgan fingerprint density at radius 1 is 1.50 bits per heavy atom. The Bertz CT molecular complexity index is 441. The summed E-state index contributed by atoms with van der Waals surface area (Å²) in [5.41, 5.74) is 1.85. The summed E-state index contributed by atoms with van der Waals surface area (Å²) in [5, 5.41) is 6.13. The van der Waals surface area contributed by atoms with Crippen molar-refractivity contribution in [2.45, 2.75) is 13.8 Å². The van der Waals surface area contributed by atoms with Gasteiger partial charge in [0.15, 0.2) is 0 Å². The van der Waals surface area contributed by atoms with Crippen LogP contribution in [-0.4, -0.2) is 26.1 Å². The first-order chi connectivity index (χ1) is 8.61. The average Bonchev–Trinajstić information content (AvgIpc) is 2.29. The summed E-state index contributed by atoms with van der Waals surface area (Å²) in [7, 11) is 1.61. The Hall–Kier alpha value is -1.55. The van der Waals surface area contributed by atoms with Crippen molar-refractivity contribution in [1.82, 2.24) is 5.32 Å². The zero-order valence-corrected chi connectivity index (χ0v) is 11.1. The second-order valence-electron chi connectivity index (χ2n) is 4.90. The van der Waals surface area contributed by atoms with Crippen LogP contribution in [0, 0.1) is 18.8 Å². The molecule has 1 amide bonds. The van der Waals surface area contributed by atoms with E-state index in [1.54, 1.807) is 7.11 Å². The first-order valence-electron chi connectivity index (χ1n) is 6.28. The van der Waals surface area contributed by atoms with E-state index in [4.69, 9.17) is 4.74 Å².